The van der Waals surface area contributed by atoms with Gasteiger partial charge in [-0.15, -0.1) is 0 Å². The largest absolute Gasteiger partial charge is 0.504 e. The van der Waals surface area contributed by atoms with Crippen molar-refractivity contribution in [1.82, 2.24) is 4.90 Å². The van der Waals surface area contributed by atoms with Crippen LogP contribution in [0.3, 0.4) is 0 Å². The van der Waals surface area contributed by atoms with Crippen molar-refractivity contribution in [2.75, 3.05) is 31.9 Å². The van der Waals surface area contributed by atoms with E-state index in [4.69, 9.17) is 9.47 Å². The minimum atomic E-state index is -1.25. The summed E-state index contributed by atoms with van der Waals surface area (Å²) >= 11 is 0. The molecular weight excluding hydrogens is 376 g/mol. The summed E-state index contributed by atoms with van der Waals surface area (Å²) in [5.41, 5.74) is 0.733. The van der Waals surface area contributed by atoms with E-state index in [0.717, 1.165) is 6.04 Å². The van der Waals surface area contributed by atoms with Crippen LogP contribution in [0.1, 0.15) is 23.7 Å². The zero-order chi connectivity index (χ0) is 20.6. The lowest BCUT2D eigenvalue weighted by molar-refractivity contribution is -0.123. The summed E-state index contributed by atoms with van der Waals surface area (Å²) < 4.78 is 11.0. The van der Waals surface area contributed by atoms with Crippen LogP contribution in [0.4, 0.5) is 5.69 Å². The molecule has 28 heavy (non-hydrogen) atoms. The number of rotatable bonds is 6. The zero-order valence-electron chi connectivity index (χ0n) is 17.3. The van der Waals surface area contributed by atoms with Gasteiger partial charge in [0.1, 0.15) is 12.8 Å². The molecule has 0 spiro atoms. The van der Waals surface area contributed by atoms with Crippen molar-refractivity contribution >= 4 is 25.6 Å². The van der Waals surface area contributed by atoms with Crippen molar-refractivity contribution in [1.29, 1.82) is 0 Å². The fourth-order valence-electron chi connectivity index (χ4n) is 3.74. The molecule has 7 nitrogen and oxygen atoms in total. The Morgan fingerprint density at radius 1 is 1.25 bits per heavy atom. The number of hydrogen-bond acceptors (Lipinski definition) is 5. The van der Waals surface area contributed by atoms with Gasteiger partial charge in [-0.25, -0.2) is 0 Å². The van der Waals surface area contributed by atoms with E-state index in [2.05, 4.69) is 19.6 Å². The molecule has 0 aromatic heterocycles. The number of fused-ring (bicyclic) bond motifs is 2. The first-order valence-corrected chi connectivity index (χ1v) is 13.4. The average molecular weight is 407 g/mol. The van der Waals surface area contributed by atoms with E-state index in [1.54, 1.807) is 4.90 Å². The average Bonchev–Trinajstić information content (AvgIpc) is 2.98. The molecule has 2 heterocycles. The van der Waals surface area contributed by atoms with E-state index in [9.17, 15) is 14.7 Å². The molecule has 1 N–H and O–H groups in total. The Bertz CT molecular complexity index is 777. The lowest BCUT2D eigenvalue weighted by Gasteiger charge is -2.26. The quantitative estimate of drug-likeness (QED) is 0.580. The number of carbonyl (C=O) groups excluding carboxylic acids is 2. The van der Waals surface area contributed by atoms with Gasteiger partial charge in [0.2, 0.25) is 0 Å². The summed E-state index contributed by atoms with van der Waals surface area (Å²) in [4.78, 5) is 29.6. The highest BCUT2D eigenvalue weighted by Crippen LogP contribution is 2.39. The summed E-state index contributed by atoms with van der Waals surface area (Å²) in [5.74, 6) is -0.00281. The highest BCUT2D eigenvalue weighted by atomic mass is 28.3. The van der Waals surface area contributed by atoms with Crippen molar-refractivity contribution in [3.05, 3.63) is 17.7 Å². The van der Waals surface area contributed by atoms with E-state index in [-0.39, 0.29) is 36.0 Å². The molecule has 0 unspecified atom stereocenters. The van der Waals surface area contributed by atoms with Crippen molar-refractivity contribution in [3.63, 3.8) is 0 Å². The Morgan fingerprint density at radius 3 is 2.61 bits per heavy atom. The first kappa shape index (κ1) is 20.7. The van der Waals surface area contributed by atoms with Gasteiger partial charge in [-0.3, -0.25) is 14.5 Å². The van der Waals surface area contributed by atoms with Gasteiger partial charge in [-0.05, 0) is 24.4 Å². The van der Waals surface area contributed by atoms with E-state index < -0.39 is 14.1 Å². The zero-order valence-corrected chi connectivity index (χ0v) is 18.3. The summed E-state index contributed by atoms with van der Waals surface area (Å²) in [5, 5.41) is 10.2. The van der Waals surface area contributed by atoms with Crippen LogP contribution in [-0.4, -0.2) is 62.9 Å². The van der Waals surface area contributed by atoms with Crippen LogP contribution in [0.2, 0.25) is 25.7 Å². The monoisotopic (exact) mass is 406 g/mol. The van der Waals surface area contributed by atoms with Crippen molar-refractivity contribution in [2.24, 2.45) is 5.92 Å². The van der Waals surface area contributed by atoms with Gasteiger partial charge in [0.15, 0.2) is 11.5 Å². The third-order valence-electron chi connectivity index (χ3n) is 5.36. The number of hydrogen-bond donors (Lipinski definition) is 1. The fraction of sp³-hybridized carbons (Fsp3) is 0.600. The Hall–Kier alpha value is -2.06. The van der Waals surface area contributed by atoms with Crippen LogP contribution in [0.15, 0.2) is 12.1 Å². The summed E-state index contributed by atoms with van der Waals surface area (Å²) in [6.45, 7) is 10.0. The number of phenolic OH excluding ortho intramolecular Hbond substituents is 1. The molecule has 8 heteroatoms. The molecule has 2 aliphatic heterocycles. The molecule has 0 bridgehead atoms. The third kappa shape index (κ3) is 4.02. The lowest BCUT2D eigenvalue weighted by atomic mass is 10.1. The number of phenols is 1. The van der Waals surface area contributed by atoms with E-state index in [1.165, 1.54) is 24.1 Å². The molecule has 1 saturated heterocycles. The van der Waals surface area contributed by atoms with Crippen LogP contribution < -0.4 is 9.64 Å². The number of ether oxygens (including phenoxy) is 2. The van der Waals surface area contributed by atoms with Gasteiger partial charge in [-0.2, -0.15) is 0 Å². The van der Waals surface area contributed by atoms with Gasteiger partial charge in [-0.1, -0.05) is 26.6 Å². The van der Waals surface area contributed by atoms with Gasteiger partial charge >= 0.3 is 0 Å². The Labute approximate surface area is 167 Å². The molecule has 3 rings (SSSR count). The number of aromatic hydroxyl groups is 1. The predicted molar refractivity (Wildman–Crippen MR) is 110 cm³/mol. The summed E-state index contributed by atoms with van der Waals surface area (Å²) in [7, 11) is 0.184. The molecular formula is C20H30N2O5Si. The molecule has 1 aromatic carbocycles. The number of nitrogens with zero attached hydrogens (tertiary/aromatic N) is 2. The molecule has 0 saturated carbocycles. The number of methoxy groups -OCH3 is 1. The van der Waals surface area contributed by atoms with E-state index >= 15 is 0 Å². The topological polar surface area (TPSA) is 79.3 Å². The Kier molecular flexibility index (Phi) is 5.72. The van der Waals surface area contributed by atoms with E-state index in [1.807, 2.05) is 6.92 Å². The number of benzene rings is 1. The van der Waals surface area contributed by atoms with Crippen LogP contribution >= 0.6 is 0 Å². The highest BCUT2D eigenvalue weighted by Gasteiger charge is 2.44. The maximum absolute atomic E-state index is 13.3. The molecule has 1 aromatic rings. The molecule has 2 amide bonds. The van der Waals surface area contributed by atoms with Crippen LogP contribution in [0.25, 0.3) is 0 Å². The van der Waals surface area contributed by atoms with Gasteiger partial charge in [0, 0.05) is 27.3 Å². The summed E-state index contributed by atoms with van der Waals surface area (Å²) in [6, 6.07) is 3.43. The van der Waals surface area contributed by atoms with E-state index in [0.29, 0.717) is 30.8 Å². The minimum Gasteiger partial charge on any atom is -0.504 e. The second-order valence-corrected chi connectivity index (χ2v) is 14.6. The summed E-state index contributed by atoms with van der Waals surface area (Å²) in [6.07, 6.45) is 0.632. The predicted octanol–water partition coefficient (Wildman–Crippen LogP) is 2.91. The SMILES string of the molecule is COc1cc2c(cc1O)N(COCC[Si](C)(C)C)C(=O)[C@@H]1C[C@@H](C)CN1C2=O. The smallest absolute Gasteiger partial charge is 0.256 e. The van der Waals surface area contributed by atoms with Gasteiger partial charge < -0.3 is 19.5 Å². The van der Waals surface area contributed by atoms with Crippen molar-refractivity contribution in [3.8, 4) is 11.5 Å². The highest BCUT2D eigenvalue weighted by molar-refractivity contribution is 6.76. The maximum Gasteiger partial charge on any atom is 0.256 e. The standard InChI is InChI=1S/C20H30N2O5Si/c1-13-8-16-20(25)22(12-27-6-7-28(3,4)5)15-10-17(23)18(26-2)9-14(15)19(24)21(16)11-13/h9-10,13,16,23H,6-8,11-12H2,1-5H3/t13-,16+/m1/s1. The number of amides is 2. The maximum atomic E-state index is 13.3. The van der Waals surface area contributed by atoms with Crippen molar-refractivity contribution in [2.45, 2.75) is 45.1 Å². The Morgan fingerprint density at radius 2 is 1.96 bits per heavy atom. The first-order valence-electron chi connectivity index (χ1n) is 9.73. The second-order valence-electron chi connectivity index (χ2n) is 8.97. The van der Waals surface area contributed by atoms with Gasteiger partial charge in [0.25, 0.3) is 11.8 Å². The fourth-order valence-corrected chi connectivity index (χ4v) is 4.50. The number of carbonyl (C=O) groups is 2. The normalized spacial score (nSPS) is 22.2. The van der Waals surface area contributed by atoms with Crippen LogP contribution in [0, 0.1) is 5.92 Å². The Balaban J connectivity index is 1.95. The first-order chi connectivity index (χ1) is 13.1. The van der Waals surface area contributed by atoms with Crippen LogP contribution in [-0.2, 0) is 9.53 Å². The molecule has 2 atom stereocenters. The van der Waals surface area contributed by atoms with Crippen LogP contribution in [0.5, 0.6) is 11.5 Å². The number of anilines is 1. The van der Waals surface area contributed by atoms with Crippen molar-refractivity contribution < 1.29 is 24.2 Å². The molecule has 154 valence electrons. The lowest BCUT2D eigenvalue weighted by Crippen LogP contribution is -2.45. The molecule has 2 aliphatic rings. The van der Waals surface area contributed by atoms with Gasteiger partial charge in [0.05, 0.1) is 18.4 Å². The molecule has 0 radical (unpaired) electrons. The molecule has 1 fully saturated rings. The molecule has 0 aliphatic carbocycles. The minimum absolute atomic E-state index is 0.0636. The third-order valence-corrected chi connectivity index (χ3v) is 7.06. The second kappa shape index (κ2) is 7.75.